The maximum absolute atomic E-state index is 13.2. The van der Waals surface area contributed by atoms with Gasteiger partial charge in [-0.25, -0.2) is 8.42 Å². The fourth-order valence-corrected chi connectivity index (χ4v) is 6.59. The molecule has 8 nitrogen and oxygen atoms in total. The predicted octanol–water partition coefficient (Wildman–Crippen LogP) is 3.15. The molecule has 1 amide bonds. The number of carbonyl (C=O) groups is 3. The van der Waals surface area contributed by atoms with Gasteiger partial charge < -0.3 is 5.32 Å². The second kappa shape index (κ2) is 7.46. The molecule has 172 valence electrons. The summed E-state index contributed by atoms with van der Waals surface area (Å²) in [5, 5.41) is 7.25. The molecule has 1 aromatic heterocycles. The van der Waals surface area contributed by atoms with Crippen LogP contribution in [0.5, 0.6) is 0 Å². The van der Waals surface area contributed by atoms with Crippen LogP contribution in [0.2, 0.25) is 0 Å². The predicted molar refractivity (Wildman–Crippen MR) is 124 cm³/mol. The maximum Gasteiger partial charge on any atom is 0.276 e. The number of nitrogens with one attached hydrogen (secondary N) is 1. The second-order valence-electron chi connectivity index (χ2n) is 9.12. The van der Waals surface area contributed by atoms with Crippen molar-refractivity contribution in [1.82, 2.24) is 9.78 Å². The van der Waals surface area contributed by atoms with E-state index in [4.69, 9.17) is 0 Å². The molecule has 1 atom stereocenters. The van der Waals surface area contributed by atoms with E-state index in [1.54, 1.807) is 53.2 Å². The summed E-state index contributed by atoms with van der Waals surface area (Å²) >= 11 is 0. The van der Waals surface area contributed by atoms with E-state index >= 15 is 0 Å². The molecule has 6 rings (SSSR count). The molecule has 1 N–H and O–H groups in total. The van der Waals surface area contributed by atoms with Crippen molar-refractivity contribution in [3.8, 4) is 0 Å². The lowest BCUT2D eigenvalue weighted by molar-refractivity contribution is 0.0978. The lowest BCUT2D eigenvalue weighted by atomic mass is 9.83. The third kappa shape index (κ3) is 3.38. The summed E-state index contributed by atoms with van der Waals surface area (Å²) in [4.78, 5) is 39.3. The van der Waals surface area contributed by atoms with E-state index in [2.05, 4.69) is 10.4 Å². The SMILES string of the molecule is O=C(Nc1cccc2c1C(=O)c1ccccc1C2=O)c1cc(C2CC2)n(C2CCS(=O)(=O)C2)n1. The first-order chi connectivity index (χ1) is 16.3. The summed E-state index contributed by atoms with van der Waals surface area (Å²) in [5.74, 6) is -0.661. The zero-order valence-electron chi connectivity index (χ0n) is 18.2. The van der Waals surface area contributed by atoms with Crippen molar-refractivity contribution >= 4 is 33.0 Å². The minimum absolute atomic E-state index is 0.0255. The number of fused-ring (bicyclic) bond motifs is 2. The van der Waals surface area contributed by atoms with Crippen molar-refractivity contribution < 1.29 is 22.8 Å². The summed E-state index contributed by atoms with van der Waals surface area (Å²) in [5.41, 5.74) is 2.38. The first-order valence-electron chi connectivity index (χ1n) is 11.2. The van der Waals surface area contributed by atoms with Gasteiger partial charge in [-0.05, 0) is 31.4 Å². The zero-order valence-corrected chi connectivity index (χ0v) is 19.0. The Balaban J connectivity index is 1.34. The van der Waals surface area contributed by atoms with Gasteiger partial charge >= 0.3 is 0 Å². The Hall–Kier alpha value is -3.59. The molecule has 3 aliphatic rings. The molecule has 1 aliphatic heterocycles. The molecule has 34 heavy (non-hydrogen) atoms. The summed E-state index contributed by atoms with van der Waals surface area (Å²) in [7, 11) is -3.10. The minimum Gasteiger partial charge on any atom is -0.320 e. The summed E-state index contributed by atoms with van der Waals surface area (Å²) in [6.45, 7) is 0. The number of carbonyl (C=O) groups excluding carboxylic acids is 3. The Labute approximate surface area is 195 Å². The Bertz CT molecular complexity index is 1500. The fraction of sp³-hybridized carbons (Fsp3) is 0.280. The molecule has 1 saturated heterocycles. The van der Waals surface area contributed by atoms with E-state index in [0.29, 0.717) is 17.5 Å². The Morgan fingerprint density at radius 2 is 1.65 bits per heavy atom. The number of amides is 1. The second-order valence-corrected chi connectivity index (χ2v) is 11.3. The van der Waals surface area contributed by atoms with Gasteiger partial charge in [0.1, 0.15) is 0 Å². The first-order valence-corrected chi connectivity index (χ1v) is 13.1. The van der Waals surface area contributed by atoms with Crippen LogP contribution >= 0.6 is 0 Å². The van der Waals surface area contributed by atoms with Crippen LogP contribution in [0, 0.1) is 0 Å². The zero-order chi connectivity index (χ0) is 23.6. The van der Waals surface area contributed by atoms with Crippen molar-refractivity contribution in [3.05, 3.63) is 82.2 Å². The molecular weight excluding hydrogens is 454 g/mol. The molecular formula is C25H21N3O5S. The summed E-state index contributed by atoms with van der Waals surface area (Å²) < 4.78 is 25.7. The Kier molecular flexibility index (Phi) is 4.60. The molecule has 0 spiro atoms. The number of ketones is 2. The van der Waals surface area contributed by atoms with Crippen molar-refractivity contribution in [3.63, 3.8) is 0 Å². The third-order valence-electron chi connectivity index (χ3n) is 6.75. The van der Waals surface area contributed by atoms with Gasteiger partial charge in [-0.1, -0.05) is 36.4 Å². The Morgan fingerprint density at radius 1 is 0.941 bits per heavy atom. The lowest BCUT2D eigenvalue weighted by Crippen LogP contribution is -2.24. The maximum atomic E-state index is 13.2. The number of anilines is 1. The van der Waals surface area contributed by atoms with E-state index in [1.165, 1.54) is 0 Å². The highest BCUT2D eigenvalue weighted by molar-refractivity contribution is 7.91. The molecule has 0 radical (unpaired) electrons. The van der Waals surface area contributed by atoms with Gasteiger partial charge in [0, 0.05) is 28.3 Å². The number of benzene rings is 2. The van der Waals surface area contributed by atoms with Gasteiger partial charge in [0.05, 0.1) is 28.8 Å². The largest absolute Gasteiger partial charge is 0.320 e. The number of aromatic nitrogens is 2. The standard InChI is InChI=1S/C25H21N3O5S/c29-23-16-4-1-2-5-17(16)24(30)22-18(23)6-3-7-19(22)26-25(31)20-12-21(14-8-9-14)28(27-20)15-10-11-34(32,33)13-15/h1-7,12,14-15H,8-11,13H2,(H,26,31). The molecule has 2 aromatic carbocycles. The molecule has 9 heteroatoms. The summed E-state index contributed by atoms with van der Waals surface area (Å²) in [6, 6.07) is 12.9. The van der Waals surface area contributed by atoms with E-state index in [9.17, 15) is 22.8 Å². The quantitative estimate of drug-likeness (QED) is 0.485. The number of hydrogen-bond acceptors (Lipinski definition) is 6. The molecule has 2 heterocycles. The number of nitrogens with zero attached hydrogens (tertiary/aromatic N) is 2. The van der Waals surface area contributed by atoms with Crippen LogP contribution in [-0.2, 0) is 9.84 Å². The van der Waals surface area contributed by atoms with E-state index < -0.39 is 15.7 Å². The minimum atomic E-state index is -3.10. The molecule has 3 aromatic rings. The topological polar surface area (TPSA) is 115 Å². The molecule has 0 bridgehead atoms. The van der Waals surface area contributed by atoms with Crippen LogP contribution < -0.4 is 5.32 Å². The van der Waals surface area contributed by atoms with Crippen LogP contribution in [0.4, 0.5) is 5.69 Å². The van der Waals surface area contributed by atoms with Crippen molar-refractivity contribution in [2.24, 2.45) is 0 Å². The molecule has 2 fully saturated rings. The van der Waals surface area contributed by atoms with Gasteiger partial charge in [0.15, 0.2) is 27.1 Å². The highest BCUT2D eigenvalue weighted by Gasteiger charge is 2.37. The number of hydrogen-bond donors (Lipinski definition) is 1. The number of rotatable bonds is 4. The molecule has 1 saturated carbocycles. The molecule has 2 aliphatic carbocycles. The van der Waals surface area contributed by atoms with E-state index in [1.807, 2.05) is 0 Å². The highest BCUT2D eigenvalue weighted by atomic mass is 32.2. The average molecular weight is 476 g/mol. The first kappa shape index (κ1) is 21.0. The van der Waals surface area contributed by atoms with Gasteiger partial charge in [-0.2, -0.15) is 5.10 Å². The van der Waals surface area contributed by atoms with Crippen molar-refractivity contribution in [1.29, 1.82) is 0 Å². The van der Waals surface area contributed by atoms with Gasteiger partial charge in [0.25, 0.3) is 5.91 Å². The van der Waals surface area contributed by atoms with Crippen LogP contribution in [0.3, 0.4) is 0 Å². The van der Waals surface area contributed by atoms with Crippen LogP contribution in [-0.4, -0.2) is 47.2 Å². The van der Waals surface area contributed by atoms with E-state index in [0.717, 1.165) is 18.5 Å². The van der Waals surface area contributed by atoms with Crippen LogP contribution in [0.25, 0.3) is 0 Å². The van der Waals surface area contributed by atoms with Gasteiger partial charge in [-0.15, -0.1) is 0 Å². The van der Waals surface area contributed by atoms with Gasteiger partial charge in [-0.3, -0.25) is 19.1 Å². The normalized spacial score (nSPS) is 20.6. The third-order valence-corrected chi connectivity index (χ3v) is 8.50. The summed E-state index contributed by atoms with van der Waals surface area (Å²) in [6.07, 6.45) is 2.44. The molecule has 1 unspecified atom stereocenters. The smallest absolute Gasteiger partial charge is 0.276 e. The van der Waals surface area contributed by atoms with Gasteiger partial charge in [0.2, 0.25) is 0 Å². The van der Waals surface area contributed by atoms with Crippen molar-refractivity contribution in [2.75, 3.05) is 16.8 Å². The highest BCUT2D eigenvalue weighted by Crippen LogP contribution is 2.42. The van der Waals surface area contributed by atoms with Crippen LogP contribution in [0.1, 0.15) is 79.2 Å². The van der Waals surface area contributed by atoms with Crippen molar-refractivity contribution in [2.45, 2.75) is 31.2 Å². The fourth-order valence-electron chi connectivity index (χ4n) is 4.90. The van der Waals surface area contributed by atoms with E-state index in [-0.39, 0.29) is 57.5 Å². The Morgan fingerprint density at radius 3 is 2.32 bits per heavy atom. The average Bonchev–Trinajstić information content (AvgIpc) is 3.47. The lowest BCUT2D eigenvalue weighted by Gasteiger charge is -2.20. The van der Waals surface area contributed by atoms with Crippen LogP contribution in [0.15, 0.2) is 48.5 Å². The number of sulfone groups is 1. The monoisotopic (exact) mass is 475 g/mol.